The Balaban J connectivity index is 2.35. The lowest BCUT2D eigenvalue weighted by Gasteiger charge is -2.32. The Kier molecular flexibility index (Phi) is 6.13. The molecule has 0 aliphatic heterocycles. The summed E-state index contributed by atoms with van der Waals surface area (Å²) in [5.41, 5.74) is 5.79. The fourth-order valence-corrected chi connectivity index (χ4v) is 2.81. The van der Waals surface area contributed by atoms with Crippen molar-refractivity contribution in [2.45, 2.75) is 71.3 Å². The summed E-state index contributed by atoms with van der Waals surface area (Å²) in [7, 11) is 1.98. The Morgan fingerprint density at radius 1 is 1.22 bits per heavy atom. The molecule has 0 aromatic rings. The van der Waals surface area contributed by atoms with Crippen LogP contribution < -0.4 is 5.73 Å². The Labute approximate surface area is 112 Å². The summed E-state index contributed by atoms with van der Waals surface area (Å²) in [5.74, 6) is 0.312. The van der Waals surface area contributed by atoms with E-state index in [1.165, 1.54) is 32.1 Å². The molecule has 0 radical (unpaired) electrons. The van der Waals surface area contributed by atoms with Crippen molar-refractivity contribution in [3.05, 3.63) is 0 Å². The second kappa shape index (κ2) is 7.13. The summed E-state index contributed by atoms with van der Waals surface area (Å²) in [4.78, 5) is 14.2. The van der Waals surface area contributed by atoms with Crippen molar-refractivity contribution in [2.75, 3.05) is 13.6 Å². The molecule has 0 bridgehead atoms. The van der Waals surface area contributed by atoms with E-state index in [1.807, 2.05) is 11.9 Å². The molecule has 0 atom stereocenters. The average Bonchev–Trinajstić information content (AvgIpc) is 2.36. The molecular weight excluding hydrogens is 224 g/mol. The van der Waals surface area contributed by atoms with Crippen molar-refractivity contribution in [1.29, 1.82) is 0 Å². The van der Waals surface area contributed by atoms with Gasteiger partial charge in [0.25, 0.3) is 0 Å². The van der Waals surface area contributed by atoms with Gasteiger partial charge in [-0.2, -0.15) is 0 Å². The van der Waals surface area contributed by atoms with Crippen LogP contribution in [0, 0.1) is 5.41 Å². The third-order valence-corrected chi connectivity index (χ3v) is 4.35. The number of carbonyl (C=O) groups excluding carboxylic acids is 1. The fraction of sp³-hybridized carbons (Fsp3) is 0.933. The highest BCUT2D eigenvalue weighted by Crippen LogP contribution is 2.27. The summed E-state index contributed by atoms with van der Waals surface area (Å²) < 4.78 is 0. The highest BCUT2D eigenvalue weighted by atomic mass is 16.2. The lowest BCUT2D eigenvalue weighted by molar-refractivity contribution is -0.133. The molecule has 106 valence electrons. The van der Waals surface area contributed by atoms with Gasteiger partial charge in [-0.3, -0.25) is 4.79 Å². The number of nitrogens with zero attached hydrogens (tertiary/aromatic N) is 1. The van der Waals surface area contributed by atoms with E-state index in [-0.39, 0.29) is 5.41 Å². The van der Waals surface area contributed by atoms with Crippen molar-refractivity contribution >= 4 is 5.91 Å². The van der Waals surface area contributed by atoms with Crippen LogP contribution in [0.4, 0.5) is 0 Å². The van der Waals surface area contributed by atoms with Crippen LogP contribution in [0.1, 0.15) is 65.2 Å². The summed E-state index contributed by atoms with van der Waals surface area (Å²) in [5, 5.41) is 0. The summed E-state index contributed by atoms with van der Waals surface area (Å²) in [6.45, 7) is 5.11. The van der Waals surface area contributed by atoms with E-state index in [0.717, 1.165) is 12.8 Å². The molecule has 2 N–H and O–H groups in total. The van der Waals surface area contributed by atoms with Crippen LogP contribution in [0.2, 0.25) is 0 Å². The molecule has 0 heterocycles. The number of carbonyl (C=O) groups is 1. The van der Waals surface area contributed by atoms with Gasteiger partial charge in [-0.1, -0.05) is 33.1 Å². The van der Waals surface area contributed by atoms with Crippen LogP contribution in [-0.4, -0.2) is 30.4 Å². The van der Waals surface area contributed by atoms with Gasteiger partial charge in [0.15, 0.2) is 0 Å². The maximum Gasteiger partial charge on any atom is 0.222 e. The van der Waals surface area contributed by atoms with Gasteiger partial charge in [0.2, 0.25) is 5.91 Å². The van der Waals surface area contributed by atoms with Crippen LogP contribution in [0.5, 0.6) is 0 Å². The van der Waals surface area contributed by atoms with E-state index < -0.39 is 0 Å². The molecule has 3 nitrogen and oxygen atoms in total. The predicted octanol–water partition coefficient (Wildman–Crippen LogP) is 2.93. The third-order valence-electron chi connectivity index (χ3n) is 4.35. The van der Waals surface area contributed by atoms with Gasteiger partial charge in [-0.05, 0) is 37.6 Å². The van der Waals surface area contributed by atoms with Gasteiger partial charge in [-0.15, -0.1) is 0 Å². The summed E-state index contributed by atoms with van der Waals surface area (Å²) in [6.07, 6.45) is 8.88. The van der Waals surface area contributed by atoms with Gasteiger partial charge in [-0.25, -0.2) is 0 Å². The lowest BCUT2D eigenvalue weighted by Crippen LogP contribution is -2.38. The van der Waals surface area contributed by atoms with Crippen LogP contribution in [0.3, 0.4) is 0 Å². The standard InChI is InChI=1S/C15H30N2O/c1-15(2,11-12-16)10-9-14(18)17(3)13-7-5-4-6-8-13/h13H,4-12,16H2,1-3H3. The average molecular weight is 254 g/mol. The highest BCUT2D eigenvalue weighted by Gasteiger charge is 2.24. The number of amides is 1. The second-order valence-electron chi connectivity index (χ2n) is 6.50. The molecule has 1 rings (SSSR count). The Morgan fingerprint density at radius 2 is 1.83 bits per heavy atom. The molecule has 1 saturated carbocycles. The quantitative estimate of drug-likeness (QED) is 0.792. The van der Waals surface area contributed by atoms with E-state index in [9.17, 15) is 4.79 Å². The van der Waals surface area contributed by atoms with Crippen molar-refractivity contribution in [1.82, 2.24) is 4.90 Å². The first-order valence-electron chi connectivity index (χ1n) is 7.42. The molecule has 0 unspecified atom stereocenters. The summed E-state index contributed by atoms with van der Waals surface area (Å²) in [6, 6.07) is 0.490. The third kappa shape index (κ3) is 4.97. The van der Waals surface area contributed by atoms with E-state index in [4.69, 9.17) is 5.73 Å². The molecule has 0 aromatic heterocycles. The Bertz CT molecular complexity index is 257. The van der Waals surface area contributed by atoms with Crippen molar-refractivity contribution in [3.63, 3.8) is 0 Å². The van der Waals surface area contributed by atoms with Gasteiger partial charge in [0.1, 0.15) is 0 Å². The normalized spacial score (nSPS) is 17.8. The Morgan fingerprint density at radius 3 is 2.39 bits per heavy atom. The largest absolute Gasteiger partial charge is 0.343 e. The van der Waals surface area contributed by atoms with E-state index in [2.05, 4.69) is 13.8 Å². The van der Waals surface area contributed by atoms with Gasteiger partial charge < -0.3 is 10.6 Å². The van der Waals surface area contributed by atoms with Gasteiger partial charge in [0.05, 0.1) is 0 Å². The molecule has 1 fully saturated rings. The van der Waals surface area contributed by atoms with Gasteiger partial charge in [0, 0.05) is 19.5 Å². The Hall–Kier alpha value is -0.570. The zero-order valence-electron chi connectivity index (χ0n) is 12.4. The minimum absolute atomic E-state index is 0.192. The number of nitrogens with two attached hydrogens (primary N) is 1. The van der Waals surface area contributed by atoms with Crippen LogP contribution in [0.15, 0.2) is 0 Å². The first-order valence-corrected chi connectivity index (χ1v) is 7.42. The predicted molar refractivity (Wildman–Crippen MR) is 76.3 cm³/mol. The van der Waals surface area contributed by atoms with E-state index in [0.29, 0.717) is 24.9 Å². The number of hydrogen-bond acceptors (Lipinski definition) is 2. The second-order valence-corrected chi connectivity index (χ2v) is 6.50. The molecule has 1 aliphatic carbocycles. The van der Waals surface area contributed by atoms with Gasteiger partial charge >= 0.3 is 0 Å². The molecule has 0 spiro atoms. The molecule has 0 saturated heterocycles. The fourth-order valence-electron chi connectivity index (χ4n) is 2.81. The monoisotopic (exact) mass is 254 g/mol. The van der Waals surface area contributed by atoms with Crippen LogP contribution in [0.25, 0.3) is 0 Å². The highest BCUT2D eigenvalue weighted by molar-refractivity contribution is 5.76. The topological polar surface area (TPSA) is 46.3 Å². The first-order chi connectivity index (χ1) is 8.46. The van der Waals surface area contributed by atoms with E-state index in [1.54, 1.807) is 0 Å². The molecule has 18 heavy (non-hydrogen) atoms. The molecule has 0 aromatic carbocycles. The molecular formula is C15H30N2O. The minimum atomic E-state index is 0.192. The summed E-state index contributed by atoms with van der Waals surface area (Å²) >= 11 is 0. The maximum atomic E-state index is 12.2. The van der Waals surface area contributed by atoms with Crippen molar-refractivity contribution < 1.29 is 4.79 Å². The number of hydrogen-bond donors (Lipinski definition) is 1. The smallest absolute Gasteiger partial charge is 0.222 e. The zero-order chi connectivity index (χ0) is 13.6. The lowest BCUT2D eigenvalue weighted by atomic mass is 9.84. The SMILES string of the molecule is CN(C(=O)CCC(C)(C)CCN)C1CCCCC1. The van der Waals surface area contributed by atoms with E-state index >= 15 is 0 Å². The minimum Gasteiger partial charge on any atom is -0.343 e. The number of rotatable bonds is 6. The first kappa shape index (κ1) is 15.5. The van der Waals surface area contributed by atoms with Crippen molar-refractivity contribution in [2.24, 2.45) is 11.1 Å². The zero-order valence-corrected chi connectivity index (χ0v) is 12.4. The van der Waals surface area contributed by atoms with Crippen LogP contribution in [-0.2, 0) is 4.79 Å². The van der Waals surface area contributed by atoms with Crippen molar-refractivity contribution in [3.8, 4) is 0 Å². The molecule has 1 amide bonds. The molecule has 3 heteroatoms. The van der Waals surface area contributed by atoms with Crippen LogP contribution >= 0.6 is 0 Å². The maximum absolute atomic E-state index is 12.2. The molecule has 1 aliphatic rings.